The number of thiazole rings is 1. The van der Waals surface area contributed by atoms with Crippen LogP contribution >= 0.6 is 22.7 Å². The van der Waals surface area contributed by atoms with Gasteiger partial charge in [0.1, 0.15) is 21.6 Å². The average Bonchev–Trinajstić information content (AvgIpc) is 3.54. The molecule has 0 spiro atoms. The number of para-hydroxylation sites is 1. The van der Waals surface area contributed by atoms with Crippen LogP contribution in [0.15, 0.2) is 64.4 Å². The summed E-state index contributed by atoms with van der Waals surface area (Å²) in [4.78, 5) is 24.0. The molecule has 1 saturated heterocycles. The van der Waals surface area contributed by atoms with Crippen LogP contribution in [0.4, 0.5) is 9.52 Å². The molecule has 1 aliphatic heterocycles. The van der Waals surface area contributed by atoms with Gasteiger partial charge in [-0.1, -0.05) is 36.0 Å². The van der Waals surface area contributed by atoms with Crippen molar-refractivity contribution < 1.29 is 17.6 Å². The zero-order chi connectivity index (χ0) is 23.7. The fourth-order valence-electron chi connectivity index (χ4n) is 4.08. The Kier molecular flexibility index (Phi) is 6.43. The van der Waals surface area contributed by atoms with Crippen LogP contribution in [0.2, 0.25) is 0 Å². The van der Waals surface area contributed by atoms with Gasteiger partial charge >= 0.3 is 0 Å². The number of piperidine rings is 1. The molecule has 11 heteroatoms. The molecule has 1 unspecified atom stereocenters. The maximum Gasteiger partial charge on any atom is 0.253 e. The molecule has 0 N–H and O–H groups in total. The van der Waals surface area contributed by atoms with Crippen LogP contribution in [-0.4, -0.2) is 41.2 Å². The third-order valence-electron chi connectivity index (χ3n) is 5.72. The summed E-state index contributed by atoms with van der Waals surface area (Å²) in [6.07, 6.45) is 5.12. The van der Waals surface area contributed by atoms with E-state index in [2.05, 4.69) is 9.97 Å². The largest absolute Gasteiger partial charge is 0.282 e. The van der Waals surface area contributed by atoms with E-state index in [4.69, 9.17) is 0 Å². The lowest BCUT2D eigenvalue weighted by atomic mass is 10.0. The molecule has 0 saturated carbocycles. The Labute approximate surface area is 204 Å². The van der Waals surface area contributed by atoms with Gasteiger partial charge in [-0.15, -0.1) is 11.3 Å². The Bertz CT molecular complexity index is 1410. The van der Waals surface area contributed by atoms with E-state index in [0.29, 0.717) is 22.7 Å². The molecule has 1 aliphatic rings. The second-order valence-electron chi connectivity index (χ2n) is 7.93. The summed E-state index contributed by atoms with van der Waals surface area (Å²) in [6, 6.07) is 10.7. The van der Waals surface area contributed by atoms with Gasteiger partial charge in [0, 0.05) is 18.9 Å². The highest BCUT2D eigenvalue weighted by Gasteiger charge is 2.41. The van der Waals surface area contributed by atoms with Crippen molar-refractivity contribution in [1.82, 2.24) is 14.3 Å². The van der Waals surface area contributed by atoms with Gasteiger partial charge in [0.2, 0.25) is 5.91 Å². The van der Waals surface area contributed by atoms with Gasteiger partial charge in [0.05, 0.1) is 11.2 Å². The second kappa shape index (κ2) is 9.49. The van der Waals surface area contributed by atoms with E-state index in [1.807, 2.05) is 6.07 Å². The summed E-state index contributed by atoms with van der Waals surface area (Å²) in [7, 11) is -3.82. The Balaban J connectivity index is 1.55. The first-order chi connectivity index (χ1) is 16.4. The number of anilines is 1. The highest BCUT2D eigenvalue weighted by atomic mass is 32.2. The summed E-state index contributed by atoms with van der Waals surface area (Å²) in [6.45, 7) is 0.420. The predicted molar refractivity (Wildman–Crippen MR) is 131 cm³/mol. The quantitative estimate of drug-likeness (QED) is 0.372. The predicted octanol–water partition coefficient (Wildman–Crippen LogP) is 4.67. The number of benzene rings is 1. The normalized spacial score (nSPS) is 17.1. The van der Waals surface area contributed by atoms with Crippen LogP contribution in [0.25, 0.3) is 10.2 Å². The number of pyridine rings is 1. The Morgan fingerprint density at radius 2 is 2.06 bits per heavy atom. The molecule has 4 aromatic rings. The zero-order valence-electron chi connectivity index (χ0n) is 18.0. The van der Waals surface area contributed by atoms with Crippen molar-refractivity contribution in [2.45, 2.75) is 36.1 Å². The van der Waals surface area contributed by atoms with Gasteiger partial charge in [-0.25, -0.2) is 17.8 Å². The number of fused-ring (bicyclic) bond motifs is 1. The number of rotatable bonds is 6. The number of halogens is 1. The molecule has 1 fully saturated rings. The smallest absolute Gasteiger partial charge is 0.253 e. The van der Waals surface area contributed by atoms with E-state index >= 15 is 0 Å². The maximum atomic E-state index is 14.4. The number of hydrogen-bond acceptors (Lipinski definition) is 7. The lowest BCUT2D eigenvalue weighted by molar-refractivity contribution is -0.123. The van der Waals surface area contributed by atoms with Crippen molar-refractivity contribution in [2.75, 3.05) is 11.4 Å². The zero-order valence-corrected chi connectivity index (χ0v) is 20.5. The molecule has 3 aromatic heterocycles. The molecular formula is C23H21FN4O3S3. The van der Waals surface area contributed by atoms with Crippen molar-refractivity contribution >= 4 is 54.0 Å². The summed E-state index contributed by atoms with van der Waals surface area (Å²) in [5.41, 5.74) is 0.956. The number of carbonyl (C=O) groups excluding carboxylic acids is 1. The monoisotopic (exact) mass is 516 g/mol. The summed E-state index contributed by atoms with van der Waals surface area (Å²) in [5, 5.41) is 2.03. The van der Waals surface area contributed by atoms with Crippen molar-refractivity contribution in [2.24, 2.45) is 0 Å². The number of thiophene rings is 1. The number of amides is 1. The first-order valence-electron chi connectivity index (χ1n) is 10.8. The molecule has 34 heavy (non-hydrogen) atoms. The molecule has 1 atom stereocenters. The SMILES string of the molecule is O=C(C1CCCCN1S(=O)(=O)c1cccs1)N(Cc1cccnc1)c1nc2c(F)cccc2s1. The number of carbonyl (C=O) groups is 1. The molecule has 1 amide bonds. The van der Waals surface area contributed by atoms with Crippen LogP contribution < -0.4 is 4.90 Å². The van der Waals surface area contributed by atoms with Crippen molar-refractivity contribution in [3.8, 4) is 0 Å². The minimum atomic E-state index is -3.82. The maximum absolute atomic E-state index is 14.4. The molecular weight excluding hydrogens is 495 g/mol. The molecule has 7 nitrogen and oxygen atoms in total. The van der Waals surface area contributed by atoms with Gasteiger partial charge in [0.25, 0.3) is 10.0 Å². The van der Waals surface area contributed by atoms with E-state index in [9.17, 15) is 17.6 Å². The topological polar surface area (TPSA) is 83.5 Å². The van der Waals surface area contributed by atoms with Crippen LogP contribution in [0.3, 0.4) is 0 Å². The number of hydrogen-bond donors (Lipinski definition) is 0. The van der Waals surface area contributed by atoms with Crippen LogP contribution in [0.1, 0.15) is 24.8 Å². The van der Waals surface area contributed by atoms with E-state index < -0.39 is 21.9 Å². The third-order valence-corrected chi connectivity index (χ3v) is 10.0. The van der Waals surface area contributed by atoms with Crippen LogP contribution in [-0.2, 0) is 21.4 Å². The Hall–Kier alpha value is -2.73. The molecule has 0 aliphatic carbocycles. The Morgan fingerprint density at radius 1 is 1.18 bits per heavy atom. The van der Waals surface area contributed by atoms with Crippen molar-refractivity contribution in [1.29, 1.82) is 0 Å². The second-order valence-corrected chi connectivity index (χ2v) is 12.0. The van der Waals surface area contributed by atoms with Crippen LogP contribution in [0, 0.1) is 5.82 Å². The van der Waals surface area contributed by atoms with Crippen molar-refractivity contribution in [3.63, 3.8) is 0 Å². The van der Waals surface area contributed by atoms with Gasteiger partial charge in [-0.3, -0.25) is 14.7 Å². The molecule has 5 rings (SSSR count). The van der Waals surface area contributed by atoms with E-state index in [1.165, 1.54) is 26.6 Å². The van der Waals surface area contributed by atoms with Crippen LogP contribution in [0.5, 0.6) is 0 Å². The lowest BCUT2D eigenvalue weighted by Gasteiger charge is -2.35. The molecule has 1 aromatic carbocycles. The van der Waals surface area contributed by atoms with Gasteiger partial charge in [0.15, 0.2) is 5.13 Å². The minimum absolute atomic E-state index is 0.150. The Morgan fingerprint density at radius 3 is 2.79 bits per heavy atom. The van der Waals surface area contributed by atoms with E-state index in [-0.39, 0.29) is 28.7 Å². The summed E-state index contributed by atoms with van der Waals surface area (Å²) < 4.78 is 43.2. The first kappa shape index (κ1) is 23.0. The molecule has 176 valence electrons. The standard InChI is InChI=1S/C23H21FN4O3S3/c24-17-7-3-9-19-21(17)26-23(33-19)27(15-16-6-4-11-25-14-16)22(29)18-8-1-2-12-28(18)34(30,31)20-10-5-13-32-20/h3-7,9-11,13-14,18H,1-2,8,12,15H2. The minimum Gasteiger partial charge on any atom is -0.282 e. The summed E-state index contributed by atoms with van der Waals surface area (Å²) >= 11 is 2.34. The first-order valence-corrected chi connectivity index (χ1v) is 13.9. The fraction of sp³-hybridized carbons (Fsp3) is 0.261. The lowest BCUT2D eigenvalue weighted by Crippen LogP contribution is -2.52. The average molecular weight is 517 g/mol. The fourth-order valence-corrected chi connectivity index (χ4v) is 7.83. The number of sulfonamides is 1. The third kappa shape index (κ3) is 4.36. The van der Waals surface area contributed by atoms with E-state index in [0.717, 1.165) is 23.3 Å². The number of aromatic nitrogens is 2. The summed E-state index contributed by atoms with van der Waals surface area (Å²) in [5.74, 6) is -0.837. The molecule has 0 radical (unpaired) electrons. The molecule has 0 bridgehead atoms. The highest BCUT2D eigenvalue weighted by Crippen LogP contribution is 2.34. The van der Waals surface area contributed by atoms with E-state index in [1.54, 1.807) is 48.1 Å². The number of nitrogens with zero attached hydrogens (tertiary/aromatic N) is 4. The van der Waals surface area contributed by atoms with Gasteiger partial charge < -0.3 is 0 Å². The molecule has 4 heterocycles. The van der Waals surface area contributed by atoms with Gasteiger partial charge in [-0.2, -0.15) is 4.31 Å². The highest BCUT2D eigenvalue weighted by molar-refractivity contribution is 7.91. The van der Waals surface area contributed by atoms with Crippen molar-refractivity contribution in [3.05, 3.63) is 71.6 Å². The van der Waals surface area contributed by atoms with Gasteiger partial charge in [-0.05, 0) is 48.1 Å².